The lowest BCUT2D eigenvalue weighted by Crippen LogP contribution is -2.21. The molecule has 0 spiro atoms. The molecule has 1 aromatic heterocycles. The molecule has 0 bridgehead atoms. The van der Waals surface area contributed by atoms with E-state index < -0.39 is 5.97 Å². The lowest BCUT2D eigenvalue weighted by Gasteiger charge is -2.15. The van der Waals surface area contributed by atoms with Gasteiger partial charge in [0.1, 0.15) is 17.1 Å². The molecule has 1 N–H and O–H groups in total. The zero-order valence-corrected chi connectivity index (χ0v) is 12.2. The fourth-order valence-corrected chi connectivity index (χ4v) is 3.03. The molecule has 1 aliphatic heterocycles. The Labute approximate surface area is 128 Å². The van der Waals surface area contributed by atoms with E-state index in [1.165, 1.54) is 24.5 Å². The van der Waals surface area contributed by atoms with Gasteiger partial charge in [0.15, 0.2) is 0 Å². The lowest BCUT2D eigenvalue weighted by molar-refractivity contribution is 0.0693. The molecule has 1 fully saturated rings. The van der Waals surface area contributed by atoms with Crippen LogP contribution in [0.3, 0.4) is 0 Å². The van der Waals surface area contributed by atoms with E-state index in [-0.39, 0.29) is 11.4 Å². The van der Waals surface area contributed by atoms with Crippen molar-refractivity contribution in [3.8, 4) is 0 Å². The fraction of sp³-hybridized carbons (Fsp3) is 0.353. The summed E-state index contributed by atoms with van der Waals surface area (Å²) in [6.45, 7) is 2.34. The molecule has 3 rings (SSSR count). The Balaban J connectivity index is 1.57. The van der Waals surface area contributed by atoms with Gasteiger partial charge in [-0.3, -0.25) is 4.90 Å². The molecule has 4 nitrogen and oxygen atoms in total. The maximum absolute atomic E-state index is 12.9. The van der Waals surface area contributed by atoms with Crippen LogP contribution in [-0.4, -0.2) is 29.1 Å². The molecule has 2 heterocycles. The number of benzene rings is 1. The predicted octanol–water partition coefficient (Wildman–Crippen LogP) is 3.18. The molecule has 0 aliphatic carbocycles. The number of aromatic carboxylic acids is 1. The monoisotopic (exact) mass is 303 g/mol. The van der Waals surface area contributed by atoms with Crippen LogP contribution in [0.4, 0.5) is 4.39 Å². The van der Waals surface area contributed by atoms with Gasteiger partial charge in [0.25, 0.3) is 0 Å². The second-order valence-electron chi connectivity index (χ2n) is 5.78. The Morgan fingerprint density at radius 2 is 2.09 bits per heavy atom. The van der Waals surface area contributed by atoms with Gasteiger partial charge in [0.05, 0.1) is 12.8 Å². The van der Waals surface area contributed by atoms with Crippen LogP contribution in [0.1, 0.15) is 28.1 Å². The quantitative estimate of drug-likeness (QED) is 0.921. The van der Waals surface area contributed by atoms with Crippen LogP contribution in [-0.2, 0) is 13.0 Å². The minimum absolute atomic E-state index is 0.212. The van der Waals surface area contributed by atoms with Gasteiger partial charge in [-0.25, -0.2) is 9.18 Å². The fourth-order valence-electron chi connectivity index (χ4n) is 3.03. The molecular weight excluding hydrogens is 285 g/mol. The molecule has 1 unspecified atom stereocenters. The van der Waals surface area contributed by atoms with Crippen LogP contribution in [0.2, 0.25) is 0 Å². The van der Waals surface area contributed by atoms with Gasteiger partial charge in [-0.05, 0) is 49.1 Å². The molecule has 1 saturated heterocycles. The molecule has 116 valence electrons. The summed E-state index contributed by atoms with van der Waals surface area (Å²) in [6, 6.07) is 8.12. The summed E-state index contributed by atoms with van der Waals surface area (Å²) in [5, 5.41) is 9.09. The molecular formula is C17H18FNO3. The first-order valence-electron chi connectivity index (χ1n) is 7.38. The average Bonchev–Trinajstić information content (AvgIpc) is 3.11. The Hall–Kier alpha value is -2.14. The van der Waals surface area contributed by atoms with Crippen molar-refractivity contribution in [1.82, 2.24) is 4.90 Å². The highest BCUT2D eigenvalue weighted by atomic mass is 19.1. The molecule has 2 aromatic rings. The molecule has 0 amide bonds. The first-order valence-corrected chi connectivity index (χ1v) is 7.38. The number of carbonyl (C=O) groups is 1. The number of rotatable bonds is 5. The van der Waals surface area contributed by atoms with Crippen molar-refractivity contribution in [1.29, 1.82) is 0 Å². The van der Waals surface area contributed by atoms with E-state index in [1.54, 1.807) is 0 Å². The summed E-state index contributed by atoms with van der Waals surface area (Å²) >= 11 is 0. The van der Waals surface area contributed by atoms with E-state index in [0.717, 1.165) is 31.5 Å². The number of furan rings is 1. The third kappa shape index (κ3) is 3.36. The summed E-state index contributed by atoms with van der Waals surface area (Å²) in [5.41, 5.74) is 1.37. The SMILES string of the molecule is O=C(O)c1ccoc1CN1CCC(Cc2ccc(F)cc2)C1. The Morgan fingerprint density at radius 3 is 2.82 bits per heavy atom. The van der Waals surface area contributed by atoms with Crippen molar-refractivity contribution in [2.45, 2.75) is 19.4 Å². The van der Waals surface area contributed by atoms with E-state index in [0.29, 0.717) is 18.2 Å². The Morgan fingerprint density at radius 1 is 1.32 bits per heavy atom. The van der Waals surface area contributed by atoms with Gasteiger partial charge in [-0.2, -0.15) is 0 Å². The van der Waals surface area contributed by atoms with Gasteiger partial charge in [-0.1, -0.05) is 12.1 Å². The minimum Gasteiger partial charge on any atom is -0.478 e. The second kappa shape index (κ2) is 6.32. The number of hydrogen-bond donors (Lipinski definition) is 1. The normalized spacial score (nSPS) is 18.7. The van der Waals surface area contributed by atoms with Crippen LogP contribution < -0.4 is 0 Å². The number of halogens is 1. The first-order chi connectivity index (χ1) is 10.6. The summed E-state index contributed by atoms with van der Waals surface area (Å²) < 4.78 is 18.2. The summed E-state index contributed by atoms with van der Waals surface area (Å²) in [5.74, 6) is -0.148. The number of carboxylic acids is 1. The molecule has 22 heavy (non-hydrogen) atoms. The molecule has 0 saturated carbocycles. The van der Waals surface area contributed by atoms with Gasteiger partial charge in [0, 0.05) is 6.54 Å². The summed E-state index contributed by atoms with van der Waals surface area (Å²) in [7, 11) is 0. The van der Waals surface area contributed by atoms with Crippen molar-refractivity contribution >= 4 is 5.97 Å². The summed E-state index contributed by atoms with van der Waals surface area (Å²) in [6.07, 6.45) is 3.39. The number of hydrogen-bond acceptors (Lipinski definition) is 3. The van der Waals surface area contributed by atoms with E-state index in [9.17, 15) is 9.18 Å². The highest BCUT2D eigenvalue weighted by Crippen LogP contribution is 2.24. The minimum atomic E-state index is -0.953. The number of nitrogens with zero attached hydrogens (tertiary/aromatic N) is 1. The topological polar surface area (TPSA) is 53.7 Å². The molecule has 0 radical (unpaired) electrons. The molecule has 5 heteroatoms. The Kier molecular flexibility index (Phi) is 4.24. The predicted molar refractivity (Wildman–Crippen MR) is 79.2 cm³/mol. The van der Waals surface area contributed by atoms with Crippen LogP contribution in [0.25, 0.3) is 0 Å². The van der Waals surface area contributed by atoms with E-state index in [4.69, 9.17) is 9.52 Å². The Bertz CT molecular complexity index is 650. The van der Waals surface area contributed by atoms with Gasteiger partial charge in [-0.15, -0.1) is 0 Å². The maximum Gasteiger partial charge on any atom is 0.339 e. The van der Waals surface area contributed by atoms with Crippen molar-refractivity contribution in [2.24, 2.45) is 5.92 Å². The first kappa shape index (κ1) is 14.8. The van der Waals surface area contributed by atoms with Crippen molar-refractivity contribution in [2.75, 3.05) is 13.1 Å². The van der Waals surface area contributed by atoms with Crippen LogP contribution in [0.15, 0.2) is 41.0 Å². The molecule has 1 aromatic carbocycles. The molecule has 1 aliphatic rings. The number of likely N-dealkylation sites (tertiary alicyclic amines) is 1. The largest absolute Gasteiger partial charge is 0.478 e. The van der Waals surface area contributed by atoms with Crippen molar-refractivity contribution in [3.63, 3.8) is 0 Å². The second-order valence-corrected chi connectivity index (χ2v) is 5.78. The molecule has 1 atom stereocenters. The van der Waals surface area contributed by atoms with Gasteiger partial charge >= 0.3 is 5.97 Å². The zero-order chi connectivity index (χ0) is 15.5. The van der Waals surface area contributed by atoms with Crippen LogP contribution >= 0.6 is 0 Å². The highest BCUT2D eigenvalue weighted by Gasteiger charge is 2.25. The third-order valence-electron chi connectivity index (χ3n) is 4.15. The standard InChI is InChI=1S/C17H18FNO3/c18-14-3-1-12(2-4-14)9-13-5-7-19(10-13)11-16-15(17(20)21)6-8-22-16/h1-4,6,8,13H,5,7,9-11H2,(H,20,21). The van der Waals surface area contributed by atoms with Crippen LogP contribution in [0.5, 0.6) is 0 Å². The van der Waals surface area contributed by atoms with Crippen molar-refractivity contribution < 1.29 is 18.7 Å². The van der Waals surface area contributed by atoms with Gasteiger partial charge in [0.2, 0.25) is 0 Å². The van der Waals surface area contributed by atoms with Crippen LogP contribution in [0, 0.1) is 11.7 Å². The van der Waals surface area contributed by atoms with Crippen molar-refractivity contribution in [3.05, 3.63) is 59.3 Å². The van der Waals surface area contributed by atoms with E-state index in [2.05, 4.69) is 4.90 Å². The van der Waals surface area contributed by atoms with E-state index >= 15 is 0 Å². The number of carboxylic acid groups (broad SMARTS) is 1. The smallest absolute Gasteiger partial charge is 0.339 e. The summed E-state index contributed by atoms with van der Waals surface area (Å²) in [4.78, 5) is 13.3. The van der Waals surface area contributed by atoms with E-state index in [1.807, 2.05) is 12.1 Å². The zero-order valence-electron chi connectivity index (χ0n) is 12.2. The highest BCUT2D eigenvalue weighted by molar-refractivity contribution is 5.88. The maximum atomic E-state index is 12.9. The average molecular weight is 303 g/mol. The lowest BCUT2D eigenvalue weighted by atomic mass is 9.99. The van der Waals surface area contributed by atoms with Gasteiger partial charge < -0.3 is 9.52 Å². The third-order valence-corrected chi connectivity index (χ3v) is 4.15.